The molecule has 7 aromatic rings. The molecule has 2 amide bonds. The van der Waals surface area contributed by atoms with Crippen molar-refractivity contribution in [3.63, 3.8) is 0 Å². The lowest BCUT2D eigenvalue weighted by atomic mass is 9.97. The van der Waals surface area contributed by atoms with Gasteiger partial charge >= 0.3 is 12.0 Å². The summed E-state index contributed by atoms with van der Waals surface area (Å²) < 4.78 is 63.7. The van der Waals surface area contributed by atoms with E-state index in [4.69, 9.17) is 36.5 Å². The van der Waals surface area contributed by atoms with E-state index in [0.29, 0.717) is 78.3 Å². The Morgan fingerprint density at radius 2 is 1.84 bits per heavy atom. The van der Waals surface area contributed by atoms with Crippen molar-refractivity contribution >= 4 is 89.6 Å². The van der Waals surface area contributed by atoms with Crippen LogP contribution in [0.3, 0.4) is 0 Å². The summed E-state index contributed by atoms with van der Waals surface area (Å²) in [5.74, 6) is -2.56. The molecule has 23 heteroatoms. The molecule has 0 spiro atoms. The summed E-state index contributed by atoms with van der Waals surface area (Å²) in [6.45, 7) is 12.6. The smallest absolute Gasteiger partial charge is 0.340 e. The summed E-state index contributed by atoms with van der Waals surface area (Å²) in [4.78, 5) is 67.7. The third-order valence-corrected chi connectivity index (χ3v) is 15.5. The fraction of sp³-hybridized carbons (Fsp3) is 0.333. The van der Waals surface area contributed by atoms with Crippen LogP contribution in [-0.4, -0.2) is 118 Å². The Labute approximate surface area is 448 Å². The Kier molecular flexibility index (Phi) is 15.5. The minimum absolute atomic E-state index is 0.00233. The maximum atomic E-state index is 16.8. The number of methoxy groups -OCH3 is 1. The Morgan fingerprint density at radius 3 is 2.53 bits per heavy atom. The molecule has 77 heavy (non-hydrogen) atoms. The Bertz CT molecular complexity index is 3670. The average molecular weight is 1090 g/mol. The van der Waals surface area contributed by atoms with E-state index in [2.05, 4.69) is 26.8 Å². The van der Waals surface area contributed by atoms with Crippen molar-refractivity contribution in [2.75, 3.05) is 69.4 Å². The number of cyclic esters (lactones) is 1. The van der Waals surface area contributed by atoms with Crippen molar-refractivity contribution in [3.05, 3.63) is 110 Å². The number of benzene rings is 3. The van der Waals surface area contributed by atoms with Crippen LogP contribution in [0.15, 0.2) is 59.4 Å². The molecule has 8 heterocycles. The number of thiophene rings is 1. The molecular formula is C54H52ClF3N10O8S. The number of fused-ring (bicyclic) bond motifs is 7. The lowest BCUT2D eigenvalue weighted by Gasteiger charge is -2.36. The van der Waals surface area contributed by atoms with Gasteiger partial charge in [-0.15, -0.1) is 11.3 Å². The first kappa shape index (κ1) is 54.1. The van der Waals surface area contributed by atoms with Crippen LogP contribution in [-0.2, 0) is 37.0 Å². The number of hydrogen-bond donors (Lipinski definition) is 3. The minimum atomic E-state index is -1.53. The molecule has 4 aliphatic heterocycles. The largest absolute Gasteiger partial charge is 0.462 e. The molecule has 2 saturated heterocycles. The van der Waals surface area contributed by atoms with E-state index in [-0.39, 0.29) is 95.8 Å². The van der Waals surface area contributed by atoms with E-state index in [9.17, 15) is 38.3 Å². The van der Waals surface area contributed by atoms with Crippen molar-refractivity contribution in [1.29, 1.82) is 5.26 Å². The molecule has 0 aliphatic carbocycles. The molecule has 0 radical (unpaired) electrons. The highest BCUT2D eigenvalue weighted by Gasteiger charge is 2.35. The maximum absolute atomic E-state index is 16.8. The van der Waals surface area contributed by atoms with E-state index in [1.165, 1.54) is 35.9 Å². The molecule has 4 N–H and O–H groups in total. The number of likely N-dealkylation sites (N-methyl/N-ethyl adjacent to an activating group) is 1. The quantitative estimate of drug-likeness (QED) is 0.0672. The van der Waals surface area contributed by atoms with Crippen molar-refractivity contribution in [2.45, 2.75) is 65.0 Å². The second kappa shape index (κ2) is 22.1. The van der Waals surface area contributed by atoms with Crippen LogP contribution >= 0.6 is 22.9 Å². The third-order valence-electron chi connectivity index (χ3n) is 14.2. The number of rotatable bonds is 10. The number of aliphatic hydroxyl groups is 1. The van der Waals surface area contributed by atoms with Gasteiger partial charge in [0.15, 0.2) is 11.9 Å². The summed E-state index contributed by atoms with van der Waals surface area (Å²) in [5, 5.41) is 23.5. The lowest BCUT2D eigenvalue weighted by molar-refractivity contribution is -0.157. The number of hydrogen-bond acceptors (Lipinski definition) is 16. The molecule has 3 unspecified atom stereocenters. The van der Waals surface area contributed by atoms with E-state index in [1.807, 2.05) is 31.9 Å². The zero-order valence-corrected chi connectivity index (χ0v) is 44.1. The predicted octanol–water partition coefficient (Wildman–Crippen LogP) is 7.86. The molecule has 0 saturated carbocycles. The van der Waals surface area contributed by atoms with E-state index in [1.54, 1.807) is 30.0 Å². The first-order valence-corrected chi connectivity index (χ1v) is 25.9. The molecule has 0 bridgehead atoms. The number of aliphatic hydroxyl groups excluding tert-OH is 1. The number of ether oxygens (including phenoxy) is 3. The first-order chi connectivity index (χ1) is 37.0. The molecule has 3 atom stereocenters. The van der Waals surface area contributed by atoms with Crippen LogP contribution in [0.25, 0.3) is 54.4 Å². The van der Waals surface area contributed by atoms with Gasteiger partial charge in [0.1, 0.15) is 47.3 Å². The summed E-state index contributed by atoms with van der Waals surface area (Å²) in [5.41, 5.74) is 8.75. The van der Waals surface area contributed by atoms with Gasteiger partial charge in [0.25, 0.3) is 11.5 Å². The van der Waals surface area contributed by atoms with Gasteiger partial charge in [-0.1, -0.05) is 38.1 Å². The number of halogens is 4. The molecule has 18 nitrogen and oxygen atoms in total. The van der Waals surface area contributed by atoms with E-state index < -0.39 is 35.6 Å². The number of carbonyl (C=O) groups is 3. The fourth-order valence-electron chi connectivity index (χ4n) is 9.95. The third kappa shape index (κ3) is 9.89. The van der Waals surface area contributed by atoms with Crippen LogP contribution in [0.1, 0.15) is 62.0 Å². The van der Waals surface area contributed by atoms with Gasteiger partial charge in [0.2, 0.25) is 6.41 Å². The summed E-state index contributed by atoms with van der Waals surface area (Å²) in [6.07, 6.45) is 0.453. The predicted molar refractivity (Wildman–Crippen MR) is 286 cm³/mol. The number of pyridine rings is 2. The van der Waals surface area contributed by atoms with Crippen molar-refractivity contribution < 1.29 is 46.9 Å². The Hall–Kier alpha value is -7.68. The highest BCUT2D eigenvalue weighted by molar-refractivity contribution is 7.23. The fourth-order valence-corrected chi connectivity index (χ4v) is 11.2. The normalized spacial score (nSPS) is 17.1. The van der Waals surface area contributed by atoms with Crippen LogP contribution in [0.2, 0.25) is 5.02 Å². The molecule has 11 rings (SSSR count). The number of nitrogens with one attached hydrogen (secondary N) is 1. The number of amides is 2. The van der Waals surface area contributed by atoms with Crippen LogP contribution in [0.4, 0.5) is 29.7 Å². The SMILES string of the molecule is C=C(C(=O)N1CCN(c2nc(OCC3CCCN3C)nc3c(F)c(-c4ccc(F)c5sc(N)c(C#N)c45)c(Cl)cc23)CC1)C(C)OC.CC.O=CNc1cc2cc3c(nc2cc1F)-c1cc2c(c(=O)n1C3)COC(=O)C2O. The molecular weight excluding hydrogens is 1040 g/mol. The summed E-state index contributed by atoms with van der Waals surface area (Å²) in [6, 6.07) is 12.4. The van der Waals surface area contributed by atoms with Gasteiger partial charge in [-0.3, -0.25) is 14.4 Å². The van der Waals surface area contributed by atoms with Crippen LogP contribution in [0.5, 0.6) is 6.01 Å². The van der Waals surface area contributed by atoms with Crippen LogP contribution < -0.4 is 26.2 Å². The second-order valence-corrected chi connectivity index (χ2v) is 19.9. The topological polar surface area (TPSA) is 231 Å². The van der Waals surface area contributed by atoms with Crippen molar-refractivity contribution in [3.8, 4) is 34.6 Å². The number of likely N-dealkylation sites (tertiary alicyclic amines) is 1. The number of carbonyl (C=O) groups excluding carboxylic acids is 3. The zero-order chi connectivity index (χ0) is 55.1. The van der Waals surface area contributed by atoms with Crippen LogP contribution in [0, 0.1) is 28.8 Å². The number of aromatic nitrogens is 4. The highest BCUT2D eigenvalue weighted by Crippen LogP contribution is 2.46. The van der Waals surface area contributed by atoms with E-state index in [0.717, 1.165) is 36.3 Å². The average Bonchev–Trinajstić information content (AvgIpc) is 4.26. The summed E-state index contributed by atoms with van der Waals surface area (Å²) in [7, 11) is 3.55. The Balaban J connectivity index is 0.000000204. The van der Waals surface area contributed by atoms with Gasteiger partial charge < -0.3 is 49.6 Å². The number of esters is 1. The van der Waals surface area contributed by atoms with Crippen molar-refractivity contribution in [2.24, 2.45) is 0 Å². The van der Waals surface area contributed by atoms with Gasteiger partial charge in [-0.05, 0) is 69.3 Å². The van der Waals surface area contributed by atoms with Gasteiger partial charge in [-0.25, -0.2) is 22.9 Å². The minimum Gasteiger partial charge on any atom is -0.462 e. The number of nitrogens with zero attached hydrogens (tertiary/aromatic N) is 8. The number of anilines is 3. The molecule has 2 fully saturated rings. The first-order valence-electron chi connectivity index (χ1n) is 24.7. The van der Waals surface area contributed by atoms with Crippen molar-refractivity contribution in [1.82, 2.24) is 29.3 Å². The van der Waals surface area contributed by atoms with Gasteiger partial charge in [-0.2, -0.15) is 15.2 Å². The summed E-state index contributed by atoms with van der Waals surface area (Å²) >= 11 is 7.73. The molecule has 4 aromatic heterocycles. The number of nitrogen functional groups attached to an aromatic ring is 1. The highest BCUT2D eigenvalue weighted by atomic mass is 35.5. The van der Waals surface area contributed by atoms with E-state index >= 15 is 4.39 Å². The molecule has 4 aliphatic rings. The number of piperazine rings is 1. The lowest BCUT2D eigenvalue weighted by Crippen LogP contribution is -2.50. The standard InChI is InChI=1S/C33H34ClF2N7O3S.C19H12FN3O5.C2H6/c1-17(18(2)45-4)32(44)43-12-10-42(11-13-43)31-21-14-23(34)26(20-7-8-24(35)29-25(20)22(15-37)30(38)47-29)27(36)28(21)39-33(40-31)46-16-19-6-5-9-41(19)3;20-12-4-13-8(2-14(12)21-7-24)1-9-5-23-15(16(9)22-13)3-10-11(18(23)26)6-28-19(27)17(10)25;1-2/h7-8,14,18-19H,1,5-6,9-13,16,38H2,2-4H3;1-4,7,17,25H,5-6H2,(H,21,24);1-2H3. The monoisotopic (exact) mass is 1090 g/mol. The maximum Gasteiger partial charge on any atom is 0.340 e. The second-order valence-electron chi connectivity index (χ2n) is 18.4. The molecule has 3 aromatic carbocycles. The zero-order valence-electron chi connectivity index (χ0n) is 42.5. The number of nitrogens with two attached hydrogens (primary N) is 1. The van der Waals surface area contributed by atoms with Gasteiger partial charge in [0.05, 0.1) is 56.1 Å². The number of nitriles is 1. The molecule has 400 valence electrons. The van der Waals surface area contributed by atoms with Gasteiger partial charge in [0, 0.05) is 83.8 Å². The Morgan fingerprint density at radius 1 is 1.09 bits per heavy atom.